The first-order valence-electron chi connectivity index (χ1n) is 3.43. The Morgan fingerprint density at radius 1 is 1.67 bits per heavy atom. The predicted octanol–water partition coefficient (Wildman–Crippen LogP) is 2.14. The van der Waals surface area contributed by atoms with E-state index in [9.17, 15) is 4.79 Å². The number of alkyl halides is 1. The maximum Gasteiger partial charge on any atom is 0.136 e. The normalized spacial score (nSPS) is 27.2. The number of halogens is 1. The Bertz CT molecular complexity index is 111. The van der Waals surface area contributed by atoms with Gasteiger partial charge < -0.3 is 0 Å². The van der Waals surface area contributed by atoms with Gasteiger partial charge in [-0.3, -0.25) is 4.79 Å². The zero-order valence-electron chi connectivity index (χ0n) is 5.40. The van der Waals surface area contributed by atoms with Crippen molar-refractivity contribution >= 4 is 21.7 Å². The van der Waals surface area contributed by atoms with Crippen molar-refractivity contribution in [3.63, 3.8) is 0 Å². The van der Waals surface area contributed by atoms with Gasteiger partial charge in [-0.15, -0.1) is 0 Å². The van der Waals surface area contributed by atoms with E-state index in [0.29, 0.717) is 11.7 Å². The Balaban J connectivity index is 2.31. The largest absolute Gasteiger partial charge is 0.299 e. The highest BCUT2D eigenvalue weighted by molar-refractivity contribution is 9.09. The van der Waals surface area contributed by atoms with Gasteiger partial charge in [0.05, 0.1) is 0 Å². The maximum absolute atomic E-state index is 10.9. The van der Waals surface area contributed by atoms with Gasteiger partial charge in [-0.1, -0.05) is 15.9 Å². The number of rotatable bonds is 2. The van der Waals surface area contributed by atoms with E-state index in [1.807, 2.05) is 0 Å². The van der Waals surface area contributed by atoms with Crippen molar-refractivity contribution in [1.82, 2.24) is 0 Å². The molecule has 0 radical (unpaired) electrons. The van der Waals surface area contributed by atoms with Crippen LogP contribution in [0.25, 0.3) is 0 Å². The first-order valence-corrected chi connectivity index (χ1v) is 4.55. The van der Waals surface area contributed by atoms with Crippen molar-refractivity contribution in [3.8, 4) is 0 Å². The van der Waals surface area contributed by atoms with Gasteiger partial charge in [0.25, 0.3) is 0 Å². The third-order valence-corrected chi connectivity index (χ3v) is 2.35. The number of carbonyl (C=O) groups excluding carboxylic acids is 1. The number of ketones is 1. The fourth-order valence-electron chi connectivity index (χ4n) is 1.32. The lowest BCUT2D eigenvalue weighted by atomic mass is 10.1. The van der Waals surface area contributed by atoms with Gasteiger partial charge in [0, 0.05) is 17.7 Å². The molecule has 0 aromatic heterocycles. The van der Waals surface area contributed by atoms with Gasteiger partial charge in [-0.25, -0.2) is 0 Å². The van der Waals surface area contributed by atoms with Crippen LogP contribution in [-0.4, -0.2) is 11.1 Å². The van der Waals surface area contributed by atoms with E-state index in [-0.39, 0.29) is 0 Å². The molecule has 0 spiro atoms. The van der Waals surface area contributed by atoms with Crippen molar-refractivity contribution in [2.24, 2.45) is 5.92 Å². The Kier molecular flexibility index (Phi) is 2.70. The van der Waals surface area contributed by atoms with Gasteiger partial charge >= 0.3 is 0 Å². The molecular formula is C7H11BrO. The smallest absolute Gasteiger partial charge is 0.136 e. The first-order chi connectivity index (χ1) is 4.34. The van der Waals surface area contributed by atoms with E-state index < -0.39 is 0 Å². The van der Waals surface area contributed by atoms with Crippen molar-refractivity contribution < 1.29 is 4.79 Å². The summed E-state index contributed by atoms with van der Waals surface area (Å²) in [7, 11) is 0. The lowest BCUT2D eigenvalue weighted by molar-refractivity contribution is -0.120. The summed E-state index contributed by atoms with van der Waals surface area (Å²) >= 11 is 3.33. The van der Waals surface area contributed by atoms with E-state index in [4.69, 9.17) is 0 Å². The molecule has 1 aliphatic carbocycles. The van der Waals surface area contributed by atoms with E-state index >= 15 is 0 Å². The number of Topliss-reactive ketones (excluding diaryl/α,β-unsaturated/α-hetero) is 1. The van der Waals surface area contributed by atoms with Crippen molar-refractivity contribution in [1.29, 1.82) is 0 Å². The van der Waals surface area contributed by atoms with Gasteiger partial charge in [0.1, 0.15) is 5.78 Å². The highest BCUT2D eigenvalue weighted by Gasteiger charge is 2.22. The quantitative estimate of drug-likeness (QED) is 0.611. The Hall–Kier alpha value is 0.150. The molecule has 2 heteroatoms. The molecule has 1 aliphatic rings. The van der Waals surface area contributed by atoms with Crippen LogP contribution in [-0.2, 0) is 4.79 Å². The molecule has 0 heterocycles. The third kappa shape index (κ3) is 1.78. The van der Waals surface area contributed by atoms with Gasteiger partial charge in [0.15, 0.2) is 0 Å². The molecule has 0 bridgehead atoms. The molecule has 0 aromatic carbocycles. The monoisotopic (exact) mass is 190 g/mol. The summed E-state index contributed by atoms with van der Waals surface area (Å²) in [5, 5.41) is 0.976. The lowest BCUT2D eigenvalue weighted by Crippen LogP contribution is -2.05. The summed E-state index contributed by atoms with van der Waals surface area (Å²) in [5.41, 5.74) is 0. The van der Waals surface area contributed by atoms with Crippen molar-refractivity contribution in [2.45, 2.75) is 25.7 Å². The minimum absolute atomic E-state index is 0.393. The predicted molar refractivity (Wildman–Crippen MR) is 40.8 cm³/mol. The zero-order chi connectivity index (χ0) is 6.69. The summed E-state index contributed by atoms with van der Waals surface area (Å²) in [6, 6.07) is 0. The molecule has 52 valence electrons. The molecule has 1 fully saturated rings. The van der Waals surface area contributed by atoms with E-state index in [0.717, 1.165) is 31.0 Å². The minimum atomic E-state index is 0.393. The number of carbonyl (C=O) groups is 1. The molecule has 1 saturated carbocycles. The van der Waals surface area contributed by atoms with Crippen molar-refractivity contribution in [2.75, 3.05) is 5.33 Å². The standard InChI is InChI=1S/C7H11BrO/c8-5-4-6-2-1-3-7(6)9/h6H,1-5H2/t6-/m1/s1. The Labute approximate surface area is 64.0 Å². The van der Waals surface area contributed by atoms with Crippen LogP contribution in [0.1, 0.15) is 25.7 Å². The maximum atomic E-state index is 10.9. The minimum Gasteiger partial charge on any atom is -0.299 e. The van der Waals surface area contributed by atoms with Crippen LogP contribution >= 0.6 is 15.9 Å². The molecule has 1 rings (SSSR count). The Morgan fingerprint density at radius 2 is 2.44 bits per heavy atom. The highest BCUT2D eigenvalue weighted by atomic mass is 79.9. The molecule has 0 unspecified atom stereocenters. The fraction of sp³-hybridized carbons (Fsp3) is 0.857. The SMILES string of the molecule is O=C1CCC[C@@H]1CCBr. The summed E-state index contributed by atoms with van der Waals surface area (Å²) < 4.78 is 0. The average molecular weight is 191 g/mol. The van der Waals surface area contributed by atoms with Gasteiger partial charge in [0.2, 0.25) is 0 Å². The molecule has 1 atom stereocenters. The summed E-state index contributed by atoms with van der Waals surface area (Å²) in [6.45, 7) is 0. The first kappa shape index (κ1) is 7.26. The van der Waals surface area contributed by atoms with Crippen LogP contribution in [0.5, 0.6) is 0 Å². The summed E-state index contributed by atoms with van der Waals surface area (Å²) in [6.07, 6.45) is 4.12. The van der Waals surface area contributed by atoms with Crippen LogP contribution in [0.15, 0.2) is 0 Å². The van der Waals surface area contributed by atoms with Crippen LogP contribution in [0.3, 0.4) is 0 Å². The number of hydrogen-bond acceptors (Lipinski definition) is 1. The van der Waals surface area contributed by atoms with Crippen LogP contribution in [0.4, 0.5) is 0 Å². The van der Waals surface area contributed by atoms with Crippen LogP contribution in [0.2, 0.25) is 0 Å². The average Bonchev–Trinajstić information content (AvgIpc) is 2.18. The molecule has 0 aromatic rings. The van der Waals surface area contributed by atoms with Crippen LogP contribution in [0, 0.1) is 5.92 Å². The second-order valence-corrected chi connectivity index (χ2v) is 3.33. The third-order valence-electron chi connectivity index (χ3n) is 1.89. The molecule has 9 heavy (non-hydrogen) atoms. The number of hydrogen-bond donors (Lipinski definition) is 0. The van der Waals surface area contributed by atoms with E-state index in [1.165, 1.54) is 0 Å². The topological polar surface area (TPSA) is 17.1 Å². The lowest BCUT2D eigenvalue weighted by Gasteiger charge is -2.01. The van der Waals surface area contributed by atoms with Crippen molar-refractivity contribution in [3.05, 3.63) is 0 Å². The van der Waals surface area contributed by atoms with Gasteiger partial charge in [-0.2, -0.15) is 0 Å². The second kappa shape index (κ2) is 3.35. The molecule has 0 N–H and O–H groups in total. The highest BCUT2D eigenvalue weighted by Crippen LogP contribution is 2.24. The van der Waals surface area contributed by atoms with Crippen LogP contribution < -0.4 is 0 Å². The van der Waals surface area contributed by atoms with E-state index in [1.54, 1.807) is 0 Å². The molecule has 0 amide bonds. The second-order valence-electron chi connectivity index (χ2n) is 2.53. The molecule has 0 aliphatic heterocycles. The molecular weight excluding hydrogens is 180 g/mol. The van der Waals surface area contributed by atoms with E-state index in [2.05, 4.69) is 15.9 Å². The Morgan fingerprint density at radius 3 is 2.89 bits per heavy atom. The van der Waals surface area contributed by atoms with Gasteiger partial charge in [-0.05, 0) is 19.3 Å². The molecule has 1 nitrogen and oxygen atoms in total. The summed E-state index contributed by atoms with van der Waals surface area (Å²) in [4.78, 5) is 10.9. The fourth-order valence-corrected chi connectivity index (χ4v) is 1.88. The molecule has 0 saturated heterocycles. The zero-order valence-corrected chi connectivity index (χ0v) is 6.99. The summed E-state index contributed by atoms with van der Waals surface area (Å²) in [5.74, 6) is 0.874.